The molecule has 1 fully saturated rings. The highest BCUT2D eigenvalue weighted by Gasteiger charge is 2.58. The van der Waals surface area contributed by atoms with Gasteiger partial charge in [-0.3, -0.25) is 14.9 Å². The molecule has 0 saturated carbocycles. The van der Waals surface area contributed by atoms with Gasteiger partial charge < -0.3 is 19.3 Å². The first-order valence-electron chi connectivity index (χ1n) is 14.6. The molecule has 5 rings (SSSR count). The van der Waals surface area contributed by atoms with E-state index in [9.17, 15) is 18.5 Å². The lowest BCUT2D eigenvalue weighted by molar-refractivity contribution is -0.131. The Labute approximate surface area is 264 Å². The number of amides is 2. The van der Waals surface area contributed by atoms with Crippen LogP contribution in [0, 0.1) is 18.3 Å². The Kier molecular flexibility index (Phi) is 8.53. The third kappa shape index (κ3) is 5.15. The van der Waals surface area contributed by atoms with Crippen LogP contribution in [0.25, 0.3) is 0 Å². The number of sulfonamides is 1. The van der Waals surface area contributed by atoms with Crippen molar-refractivity contribution in [3.05, 3.63) is 76.9 Å². The van der Waals surface area contributed by atoms with E-state index >= 15 is 4.79 Å². The third-order valence-electron chi connectivity index (χ3n) is 8.53. The minimum atomic E-state index is -4.49. The lowest BCUT2D eigenvalue weighted by Crippen LogP contribution is -2.58. The molecule has 0 radical (unpaired) electrons. The molecule has 0 aliphatic carbocycles. The van der Waals surface area contributed by atoms with Crippen molar-refractivity contribution in [1.82, 2.24) is 10.2 Å². The van der Waals surface area contributed by atoms with E-state index in [-0.39, 0.29) is 27.6 Å². The molecule has 12 heteroatoms. The zero-order chi connectivity index (χ0) is 32.7. The number of nitrogens with zero attached hydrogens (tertiary/aromatic N) is 4. The van der Waals surface area contributed by atoms with Crippen LogP contribution >= 0.6 is 0 Å². The number of rotatable bonds is 9. The predicted octanol–water partition coefficient (Wildman–Crippen LogP) is 3.53. The summed E-state index contributed by atoms with van der Waals surface area (Å²) in [5, 5.41) is 13.1. The first-order chi connectivity index (χ1) is 21.4. The maximum Gasteiger partial charge on any atom is 0.270 e. The molecule has 45 heavy (non-hydrogen) atoms. The summed E-state index contributed by atoms with van der Waals surface area (Å²) >= 11 is 0. The fraction of sp³-hybridized carbons (Fsp3) is 0.364. The smallest absolute Gasteiger partial charge is 0.270 e. The zero-order valence-corrected chi connectivity index (χ0v) is 27.1. The van der Waals surface area contributed by atoms with E-state index in [4.69, 9.17) is 9.47 Å². The Morgan fingerprint density at radius 3 is 2.22 bits per heavy atom. The lowest BCUT2D eigenvalue weighted by Gasteiger charge is -2.36. The molecule has 0 spiro atoms. The Bertz CT molecular complexity index is 1800. The van der Waals surface area contributed by atoms with Crippen LogP contribution in [0.2, 0.25) is 0 Å². The van der Waals surface area contributed by atoms with Crippen LogP contribution in [0.15, 0.2) is 59.5 Å². The van der Waals surface area contributed by atoms with Crippen molar-refractivity contribution in [2.75, 3.05) is 50.6 Å². The van der Waals surface area contributed by atoms with Gasteiger partial charge in [0.05, 0.1) is 42.5 Å². The summed E-state index contributed by atoms with van der Waals surface area (Å²) in [5.74, 6) is -0.359. The standard InChI is InChI=1S/C33H37N5O6S/c1-21-28(37-17-7-8-18-37)16-14-26(30(21)44-6)33(35-22(2)31(39)36(3)4)27-19-23(20-34)9-15-29(27)38(32(33)40)45(41,42)25-12-10-24(43-5)11-13-25/h9-16,19,22,35H,7-8,17-18H2,1-6H3/t22-,33?/m0/s1. The SMILES string of the molecule is COc1ccc(S(=O)(=O)N2C(=O)C(N[C@@H](C)C(=O)N(C)C)(c3ccc(N4CCCC4)c(C)c3OC)c3cc(C#N)ccc32)cc1. The van der Waals surface area contributed by atoms with Crippen LogP contribution < -0.4 is 24.0 Å². The average Bonchev–Trinajstić information content (AvgIpc) is 3.65. The monoisotopic (exact) mass is 631 g/mol. The number of methoxy groups -OCH3 is 2. The topological polar surface area (TPSA) is 132 Å². The first-order valence-corrected chi connectivity index (χ1v) is 16.1. The molecule has 3 aromatic carbocycles. The minimum Gasteiger partial charge on any atom is -0.497 e. The summed E-state index contributed by atoms with van der Waals surface area (Å²) < 4.78 is 40.6. The number of hydrogen-bond acceptors (Lipinski definition) is 9. The van der Waals surface area contributed by atoms with Gasteiger partial charge in [-0.25, -0.2) is 12.7 Å². The summed E-state index contributed by atoms with van der Waals surface area (Å²) in [7, 11) is 1.68. The molecule has 2 amide bonds. The van der Waals surface area contributed by atoms with E-state index in [2.05, 4.69) is 16.3 Å². The van der Waals surface area contributed by atoms with Crippen molar-refractivity contribution in [3.8, 4) is 17.6 Å². The number of carbonyl (C=O) groups is 2. The molecule has 2 atom stereocenters. The largest absolute Gasteiger partial charge is 0.497 e. The molecule has 0 aromatic heterocycles. The second kappa shape index (κ2) is 12.1. The van der Waals surface area contributed by atoms with E-state index in [0.29, 0.717) is 17.1 Å². The molecule has 3 aromatic rings. The summed E-state index contributed by atoms with van der Waals surface area (Å²) in [6, 6.07) is 15.0. The summed E-state index contributed by atoms with van der Waals surface area (Å²) in [5.41, 5.74) is 0.618. The summed E-state index contributed by atoms with van der Waals surface area (Å²) in [4.78, 5) is 31.8. The maximum absolute atomic E-state index is 15.1. The van der Waals surface area contributed by atoms with Gasteiger partial charge in [-0.1, -0.05) is 6.07 Å². The fourth-order valence-corrected chi connectivity index (χ4v) is 7.81. The molecule has 2 aliphatic rings. The van der Waals surface area contributed by atoms with Crippen LogP contribution in [-0.4, -0.2) is 72.6 Å². The highest BCUT2D eigenvalue weighted by Crippen LogP contribution is 2.51. The number of nitriles is 1. The number of hydrogen-bond donors (Lipinski definition) is 1. The molecule has 2 aliphatic heterocycles. The highest BCUT2D eigenvalue weighted by atomic mass is 32.2. The van der Waals surface area contributed by atoms with Crippen LogP contribution in [-0.2, 0) is 25.2 Å². The normalized spacial score (nSPS) is 18.4. The van der Waals surface area contributed by atoms with Crippen molar-refractivity contribution in [2.24, 2.45) is 0 Å². The molecule has 2 heterocycles. The van der Waals surface area contributed by atoms with Crippen molar-refractivity contribution in [2.45, 2.75) is 43.2 Å². The number of benzene rings is 3. The van der Waals surface area contributed by atoms with Crippen molar-refractivity contribution < 1.29 is 27.5 Å². The van der Waals surface area contributed by atoms with Gasteiger partial charge in [0, 0.05) is 49.6 Å². The summed E-state index contributed by atoms with van der Waals surface area (Å²) in [6.07, 6.45) is 2.11. The number of likely N-dealkylation sites (N-methyl/N-ethyl adjacent to an activating group) is 1. The van der Waals surface area contributed by atoms with E-state index < -0.39 is 27.5 Å². The molecule has 236 valence electrons. The van der Waals surface area contributed by atoms with E-state index in [1.54, 1.807) is 27.1 Å². The molecule has 1 unspecified atom stereocenters. The number of carbonyl (C=O) groups excluding carboxylic acids is 2. The zero-order valence-electron chi connectivity index (χ0n) is 26.2. The van der Waals surface area contributed by atoms with Crippen LogP contribution in [0.4, 0.5) is 11.4 Å². The third-order valence-corrected chi connectivity index (χ3v) is 10.2. The van der Waals surface area contributed by atoms with Gasteiger partial charge >= 0.3 is 0 Å². The first kappa shape index (κ1) is 31.8. The van der Waals surface area contributed by atoms with Gasteiger partial charge in [0.15, 0.2) is 5.54 Å². The highest BCUT2D eigenvalue weighted by molar-refractivity contribution is 7.93. The Hall–Kier alpha value is -4.60. The molecule has 0 bridgehead atoms. The lowest BCUT2D eigenvalue weighted by atomic mass is 9.80. The molecule has 1 saturated heterocycles. The molecule has 11 nitrogen and oxygen atoms in total. The Morgan fingerprint density at radius 2 is 1.64 bits per heavy atom. The second-order valence-corrected chi connectivity index (χ2v) is 13.2. The summed E-state index contributed by atoms with van der Waals surface area (Å²) in [6.45, 7) is 5.27. The van der Waals surface area contributed by atoms with E-state index in [1.807, 2.05) is 13.0 Å². The van der Waals surface area contributed by atoms with Crippen molar-refractivity contribution >= 4 is 33.2 Å². The quantitative estimate of drug-likeness (QED) is 0.377. The van der Waals surface area contributed by atoms with E-state index in [0.717, 1.165) is 41.5 Å². The van der Waals surface area contributed by atoms with Crippen LogP contribution in [0.1, 0.15) is 42.0 Å². The van der Waals surface area contributed by atoms with Gasteiger partial charge in [0.25, 0.3) is 15.9 Å². The van der Waals surface area contributed by atoms with Gasteiger partial charge in [0.1, 0.15) is 11.5 Å². The number of ether oxygens (including phenoxy) is 2. The van der Waals surface area contributed by atoms with E-state index in [1.165, 1.54) is 61.6 Å². The number of anilines is 2. The van der Waals surface area contributed by atoms with Crippen LogP contribution in [0.5, 0.6) is 11.5 Å². The van der Waals surface area contributed by atoms with Gasteiger partial charge in [-0.05, 0) is 75.2 Å². The van der Waals surface area contributed by atoms with Gasteiger partial charge in [-0.2, -0.15) is 5.26 Å². The number of fused-ring (bicyclic) bond motifs is 1. The maximum atomic E-state index is 15.1. The predicted molar refractivity (Wildman–Crippen MR) is 170 cm³/mol. The Morgan fingerprint density at radius 1 is 1.00 bits per heavy atom. The van der Waals surface area contributed by atoms with Crippen molar-refractivity contribution in [3.63, 3.8) is 0 Å². The van der Waals surface area contributed by atoms with Gasteiger partial charge in [0.2, 0.25) is 5.91 Å². The molecule has 1 N–H and O–H groups in total. The second-order valence-electron chi connectivity index (χ2n) is 11.4. The van der Waals surface area contributed by atoms with Gasteiger partial charge in [-0.15, -0.1) is 0 Å². The molecular weight excluding hydrogens is 594 g/mol. The molecular formula is C33H37N5O6S. The minimum absolute atomic E-state index is 0.0649. The average molecular weight is 632 g/mol. The fourth-order valence-electron chi connectivity index (χ4n) is 6.34. The van der Waals surface area contributed by atoms with Crippen molar-refractivity contribution in [1.29, 1.82) is 5.26 Å². The van der Waals surface area contributed by atoms with Crippen LogP contribution in [0.3, 0.4) is 0 Å². The number of nitrogens with one attached hydrogen (secondary N) is 1. The Balaban J connectivity index is 1.82.